The van der Waals surface area contributed by atoms with Crippen LogP contribution in [-0.4, -0.2) is 25.7 Å². The molecule has 0 aliphatic carbocycles. The van der Waals surface area contributed by atoms with E-state index in [0.29, 0.717) is 10.9 Å². The number of carbonyl (C=O) groups is 1. The first kappa shape index (κ1) is 13.3. The van der Waals surface area contributed by atoms with Gasteiger partial charge in [-0.3, -0.25) is 4.79 Å². The van der Waals surface area contributed by atoms with Crippen molar-refractivity contribution in [2.24, 2.45) is 0 Å². The topological polar surface area (TPSA) is 63.7 Å². The van der Waals surface area contributed by atoms with Crippen LogP contribution in [0.3, 0.4) is 0 Å². The maximum atomic E-state index is 11.3. The molecule has 1 aliphatic rings. The summed E-state index contributed by atoms with van der Waals surface area (Å²) >= 11 is 0. The maximum Gasteiger partial charge on any atom is 0.324 e. The monoisotopic (exact) mass is 289 g/mol. The summed E-state index contributed by atoms with van der Waals surface area (Å²) in [6, 6.07) is 6.74. The van der Waals surface area contributed by atoms with Crippen LogP contribution in [0.15, 0.2) is 24.3 Å². The zero-order valence-electron chi connectivity index (χ0n) is 9.67. The second-order valence-electron chi connectivity index (χ2n) is 4.03. The summed E-state index contributed by atoms with van der Waals surface area (Å²) in [5.41, 5.74) is 1.73. The lowest BCUT2D eigenvalue weighted by molar-refractivity contribution is -0.137. The number of hydrogen-bond donors (Lipinski definition) is 0. The van der Waals surface area contributed by atoms with E-state index < -0.39 is 21.2 Å². The lowest BCUT2D eigenvalue weighted by Crippen LogP contribution is -2.47. The van der Waals surface area contributed by atoms with Gasteiger partial charge in [0.05, 0.1) is 19.1 Å². The molecule has 5 nitrogen and oxygen atoms in total. The quantitative estimate of drug-likeness (QED) is 0.624. The van der Waals surface area contributed by atoms with E-state index in [1.165, 1.54) is 0 Å². The Hall–Kier alpha value is -1.11. The number of halogens is 1. The lowest BCUT2D eigenvalue weighted by atomic mass is 9.96. The van der Waals surface area contributed by atoms with Crippen molar-refractivity contribution >= 4 is 25.8 Å². The van der Waals surface area contributed by atoms with Crippen LogP contribution in [0.5, 0.6) is 0 Å². The third-order valence-corrected chi connectivity index (χ3v) is 4.18. The van der Waals surface area contributed by atoms with Gasteiger partial charge in [-0.15, -0.1) is 0 Å². The molecule has 0 N–H and O–H groups in total. The molecule has 18 heavy (non-hydrogen) atoms. The summed E-state index contributed by atoms with van der Waals surface area (Å²) in [4.78, 5) is 11.3. The number of hydrogen-bond acceptors (Lipinski definition) is 4. The molecule has 1 atom stereocenters. The number of benzene rings is 1. The molecule has 1 aromatic carbocycles. The van der Waals surface area contributed by atoms with Gasteiger partial charge in [0.2, 0.25) is 5.91 Å². The summed E-state index contributed by atoms with van der Waals surface area (Å²) in [5, 5.41) is 0. The molecule has 1 aliphatic heterocycles. The van der Waals surface area contributed by atoms with Crippen molar-refractivity contribution in [1.29, 1.82) is 0 Å². The number of β-lactam (4-membered cyclic amide) rings is 1. The average Bonchev–Trinajstić information content (AvgIpc) is 2.25. The van der Waals surface area contributed by atoms with Gasteiger partial charge in [0.25, 0.3) is 0 Å². The Labute approximate surface area is 110 Å². The Morgan fingerprint density at radius 2 is 2.00 bits per heavy atom. The van der Waals surface area contributed by atoms with Crippen molar-refractivity contribution in [2.75, 3.05) is 7.11 Å². The van der Waals surface area contributed by atoms with Crippen LogP contribution in [-0.2, 0) is 25.4 Å². The van der Waals surface area contributed by atoms with Gasteiger partial charge >= 0.3 is 9.24 Å². The molecule has 98 valence electrons. The van der Waals surface area contributed by atoms with E-state index in [4.69, 9.17) is 15.4 Å². The molecule has 1 amide bonds. The van der Waals surface area contributed by atoms with Gasteiger partial charge in [0.1, 0.15) is 0 Å². The number of rotatable bonds is 4. The standard InChI is InChI=1S/C11H12ClNO4S/c1-17-7-8-2-4-9(5-3-8)10-6-11(14)13(10)18(12,15)16/h2-5,10H,6-7H2,1H3. The van der Waals surface area contributed by atoms with Gasteiger partial charge < -0.3 is 4.74 Å². The molecule has 7 heteroatoms. The van der Waals surface area contributed by atoms with Crippen LogP contribution in [0, 0.1) is 0 Å². The molecule has 0 aromatic heterocycles. The van der Waals surface area contributed by atoms with E-state index in [1.54, 1.807) is 19.2 Å². The maximum absolute atomic E-state index is 11.3. The summed E-state index contributed by atoms with van der Waals surface area (Å²) in [6.45, 7) is 0.487. The summed E-state index contributed by atoms with van der Waals surface area (Å²) in [5.74, 6) is -0.476. The summed E-state index contributed by atoms with van der Waals surface area (Å²) in [6.07, 6.45) is 0.162. The molecular weight excluding hydrogens is 278 g/mol. The van der Waals surface area contributed by atoms with Crippen LogP contribution in [0.4, 0.5) is 0 Å². The first-order valence-electron chi connectivity index (χ1n) is 5.28. The van der Waals surface area contributed by atoms with Crippen LogP contribution in [0.1, 0.15) is 23.6 Å². The Morgan fingerprint density at radius 1 is 1.39 bits per heavy atom. The molecule has 1 fully saturated rings. The molecule has 1 heterocycles. The number of nitrogens with zero attached hydrogens (tertiary/aromatic N) is 1. The van der Waals surface area contributed by atoms with Gasteiger partial charge in [-0.05, 0) is 11.1 Å². The molecule has 0 bridgehead atoms. The normalized spacial score (nSPS) is 19.8. The van der Waals surface area contributed by atoms with Crippen molar-refractivity contribution < 1.29 is 17.9 Å². The zero-order valence-corrected chi connectivity index (χ0v) is 11.2. The van der Waals surface area contributed by atoms with Gasteiger partial charge in [0.15, 0.2) is 0 Å². The van der Waals surface area contributed by atoms with Crippen LogP contribution in [0.25, 0.3) is 0 Å². The smallest absolute Gasteiger partial charge is 0.324 e. The second kappa shape index (κ2) is 4.87. The van der Waals surface area contributed by atoms with E-state index in [0.717, 1.165) is 11.1 Å². The summed E-state index contributed by atoms with van der Waals surface area (Å²) in [7, 11) is 2.81. The van der Waals surface area contributed by atoms with Crippen molar-refractivity contribution in [2.45, 2.75) is 19.1 Å². The fraction of sp³-hybridized carbons (Fsp3) is 0.364. The Balaban J connectivity index is 2.20. The third-order valence-electron chi connectivity index (χ3n) is 2.81. The minimum Gasteiger partial charge on any atom is -0.380 e. The fourth-order valence-corrected chi connectivity index (χ4v) is 3.27. The molecule has 1 unspecified atom stereocenters. The van der Waals surface area contributed by atoms with Crippen molar-refractivity contribution in [3.05, 3.63) is 35.4 Å². The van der Waals surface area contributed by atoms with Gasteiger partial charge in [0, 0.05) is 17.8 Å². The zero-order chi connectivity index (χ0) is 13.3. The predicted octanol–water partition coefficient (Wildman–Crippen LogP) is 1.59. The minimum atomic E-state index is -4.00. The SMILES string of the molecule is COCc1ccc(C2CC(=O)N2S(=O)(=O)Cl)cc1. The number of amides is 1. The first-order valence-corrected chi connectivity index (χ1v) is 7.54. The highest BCUT2D eigenvalue weighted by Crippen LogP contribution is 2.38. The third kappa shape index (κ3) is 2.50. The molecule has 0 radical (unpaired) electrons. The van der Waals surface area contributed by atoms with E-state index in [2.05, 4.69) is 0 Å². The van der Waals surface area contributed by atoms with E-state index >= 15 is 0 Å². The Morgan fingerprint density at radius 3 is 2.44 bits per heavy atom. The summed E-state index contributed by atoms with van der Waals surface area (Å²) < 4.78 is 28.1. The van der Waals surface area contributed by atoms with Gasteiger partial charge in [-0.1, -0.05) is 24.3 Å². The highest BCUT2D eigenvalue weighted by molar-refractivity contribution is 8.12. The number of ether oxygens (including phenoxy) is 1. The predicted molar refractivity (Wildman–Crippen MR) is 66.1 cm³/mol. The average molecular weight is 290 g/mol. The van der Waals surface area contributed by atoms with Crippen LogP contribution in [0.2, 0.25) is 0 Å². The fourth-order valence-electron chi connectivity index (χ4n) is 1.93. The van der Waals surface area contributed by atoms with Crippen LogP contribution >= 0.6 is 10.7 Å². The van der Waals surface area contributed by atoms with E-state index in [-0.39, 0.29) is 6.42 Å². The van der Waals surface area contributed by atoms with Crippen molar-refractivity contribution in [3.8, 4) is 0 Å². The largest absolute Gasteiger partial charge is 0.380 e. The Bertz CT molecular complexity index is 555. The minimum absolute atomic E-state index is 0.162. The van der Waals surface area contributed by atoms with Gasteiger partial charge in [-0.2, -0.15) is 8.42 Å². The molecule has 0 spiro atoms. The van der Waals surface area contributed by atoms with E-state index in [1.807, 2.05) is 12.1 Å². The molecule has 0 saturated carbocycles. The second-order valence-corrected chi connectivity index (χ2v) is 6.41. The molecule has 2 rings (SSSR count). The molecule has 1 saturated heterocycles. The lowest BCUT2D eigenvalue weighted by Gasteiger charge is -2.37. The first-order chi connectivity index (χ1) is 8.43. The highest BCUT2D eigenvalue weighted by atomic mass is 35.7. The van der Waals surface area contributed by atoms with E-state index in [9.17, 15) is 13.2 Å². The number of carbonyl (C=O) groups excluding carboxylic acids is 1. The van der Waals surface area contributed by atoms with Crippen molar-refractivity contribution in [3.63, 3.8) is 0 Å². The van der Waals surface area contributed by atoms with Gasteiger partial charge in [-0.25, -0.2) is 4.31 Å². The molecule has 1 aromatic rings. The number of methoxy groups -OCH3 is 1. The molecular formula is C11H12ClNO4S. The highest BCUT2D eigenvalue weighted by Gasteiger charge is 2.44. The Kier molecular flexibility index (Phi) is 3.61. The van der Waals surface area contributed by atoms with Crippen molar-refractivity contribution in [1.82, 2.24) is 4.31 Å². The van der Waals surface area contributed by atoms with Crippen LogP contribution < -0.4 is 0 Å².